The fraction of sp³-hybridized carbons (Fsp3) is 0.429. The minimum Gasteiger partial charge on any atom is -0.380 e. The molecule has 0 heterocycles. The summed E-state index contributed by atoms with van der Waals surface area (Å²) in [4.78, 5) is 0. The second kappa shape index (κ2) is 7.95. The molecule has 0 saturated heterocycles. The Morgan fingerprint density at radius 2 is 2.17 bits per heavy atom. The lowest BCUT2D eigenvalue weighted by Gasteiger charge is -2.15. The van der Waals surface area contributed by atoms with Crippen LogP contribution in [0.1, 0.15) is 24.9 Å². The first-order chi connectivity index (χ1) is 8.65. The average molecular weight is 255 g/mol. The summed E-state index contributed by atoms with van der Waals surface area (Å²) in [5.74, 6) is -1.08. The predicted octanol–water partition coefficient (Wildman–Crippen LogP) is 3.21. The van der Waals surface area contributed by atoms with Crippen LogP contribution < -0.4 is 5.32 Å². The normalized spacial score (nSPS) is 12.4. The van der Waals surface area contributed by atoms with Crippen molar-refractivity contribution in [1.82, 2.24) is 5.32 Å². The van der Waals surface area contributed by atoms with Crippen molar-refractivity contribution in [2.24, 2.45) is 0 Å². The Balaban J connectivity index is 2.31. The first-order valence-electron chi connectivity index (χ1n) is 6.02. The zero-order valence-electron chi connectivity index (χ0n) is 10.6. The van der Waals surface area contributed by atoms with Gasteiger partial charge in [0.2, 0.25) is 0 Å². The molecule has 1 aromatic carbocycles. The van der Waals surface area contributed by atoms with E-state index in [0.29, 0.717) is 25.3 Å². The first kappa shape index (κ1) is 14.8. The molecule has 0 radical (unpaired) electrons. The Morgan fingerprint density at radius 3 is 2.83 bits per heavy atom. The molecule has 100 valence electrons. The van der Waals surface area contributed by atoms with Crippen LogP contribution in [0.3, 0.4) is 0 Å². The first-order valence-corrected chi connectivity index (χ1v) is 6.02. The van der Waals surface area contributed by atoms with E-state index in [4.69, 9.17) is 4.74 Å². The molecular weight excluding hydrogens is 236 g/mol. The van der Waals surface area contributed by atoms with Crippen molar-refractivity contribution in [2.75, 3.05) is 19.8 Å². The molecule has 0 fully saturated rings. The van der Waals surface area contributed by atoms with E-state index in [1.807, 2.05) is 6.92 Å². The molecule has 0 aliphatic heterocycles. The summed E-state index contributed by atoms with van der Waals surface area (Å²) in [7, 11) is 0. The lowest BCUT2D eigenvalue weighted by atomic mass is 10.1. The van der Waals surface area contributed by atoms with Gasteiger partial charge in [-0.2, -0.15) is 0 Å². The number of hydrogen-bond acceptors (Lipinski definition) is 2. The molecule has 4 heteroatoms. The van der Waals surface area contributed by atoms with Crippen LogP contribution in [0.25, 0.3) is 0 Å². The molecule has 0 aromatic heterocycles. The van der Waals surface area contributed by atoms with E-state index in [0.717, 1.165) is 12.5 Å². The SMILES string of the molecule is C=CCCOCCNC(C)c1ccc(F)cc1F. The average Bonchev–Trinajstić information content (AvgIpc) is 2.33. The summed E-state index contributed by atoms with van der Waals surface area (Å²) in [6.45, 7) is 7.25. The summed E-state index contributed by atoms with van der Waals surface area (Å²) in [5, 5.41) is 3.12. The van der Waals surface area contributed by atoms with Gasteiger partial charge in [0.05, 0.1) is 13.2 Å². The zero-order chi connectivity index (χ0) is 13.4. The molecule has 2 nitrogen and oxygen atoms in total. The van der Waals surface area contributed by atoms with Crippen LogP contribution >= 0.6 is 0 Å². The Morgan fingerprint density at radius 1 is 1.39 bits per heavy atom. The van der Waals surface area contributed by atoms with Gasteiger partial charge in [0.25, 0.3) is 0 Å². The van der Waals surface area contributed by atoms with Gasteiger partial charge in [-0.25, -0.2) is 8.78 Å². The standard InChI is InChI=1S/C14H19F2NO/c1-3-4-8-18-9-7-17-11(2)13-6-5-12(15)10-14(13)16/h3,5-6,10-11,17H,1,4,7-9H2,2H3. The summed E-state index contributed by atoms with van der Waals surface area (Å²) in [6.07, 6.45) is 2.62. The Hall–Kier alpha value is -1.26. The molecule has 0 bridgehead atoms. The topological polar surface area (TPSA) is 21.3 Å². The molecule has 0 spiro atoms. The second-order valence-corrected chi connectivity index (χ2v) is 4.03. The maximum absolute atomic E-state index is 13.5. The molecule has 0 aliphatic rings. The lowest BCUT2D eigenvalue weighted by molar-refractivity contribution is 0.138. The van der Waals surface area contributed by atoms with Gasteiger partial charge in [0.15, 0.2) is 0 Å². The van der Waals surface area contributed by atoms with Crippen LogP contribution in [0.4, 0.5) is 8.78 Å². The van der Waals surface area contributed by atoms with E-state index < -0.39 is 11.6 Å². The molecular formula is C14H19F2NO. The van der Waals surface area contributed by atoms with E-state index in [-0.39, 0.29) is 6.04 Å². The molecule has 0 aliphatic carbocycles. The van der Waals surface area contributed by atoms with Gasteiger partial charge in [-0.05, 0) is 19.4 Å². The zero-order valence-corrected chi connectivity index (χ0v) is 10.6. The van der Waals surface area contributed by atoms with Crippen LogP contribution in [0.5, 0.6) is 0 Å². The number of rotatable bonds is 8. The third-order valence-corrected chi connectivity index (χ3v) is 2.59. The fourth-order valence-electron chi connectivity index (χ4n) is 1.58. The number of nitrogens with one attached hydrogen (secondary N) is 1. The van der Waals surface area contributed by atoms with E-state index in [1.165, 1.54) is 12.1 Å². The van der Waals surface area contributed by atoms with E-state index >= 15 is 0 Å². The molecule has 1 atom stereocenters. The summed E-state index contributed by atoms with van der Waals surface area (Å²) in [6, 6.07) is 3.44. The van der Waals surface area contributed by atoms with Gasteiger partial charge in [-0.1, -0.05) is 12.1 Å². The predicted molar refractivity (Wildman–Crippen MR) is 68.4 cm³/mol. The Kier molecular flexibility index (Phi) is 6.54. The number of benzene rings is 1. The van der Waals surface area contributed by atoms with Gasteiger partial charge in [-0.15, -0.1) is 6.58 Å². The maximum Gasteiger partial charge on any atom is 0.130 e. The van der Waals surface area contributed by atoms with Crippen molar-refractivity contribution in [2.45, 2.75) is 19.4 Å². The molecule has 1 N–H and O–H groups in total. The molecule has 1 rings (SSSR count). The highest BCUT2D eigenvalue weighted by Gasteiger charge is 2.10. The monoisotopic (exact) mass is 255 g/mol. The highest BCUT2D eigenvalue weighted by molar-refractivity contribution is 5.21. The lowest BCUT2D eigenvalue weighted by Crippen LogP contribution is -2.24. The van der Waals surface area contributed by atoms with Crippen molar-refractivity contribution >= 4 is 0 Å². The Labute approximate surface area is 107 Å². The second-order valence-electron chi connectivity index (χ2n) is 4.03. The summed E-state index contributed by atoms with van der Waals surface area (Å²) >= 11 is 0. The van der Waals surface area contributed by atoms with Crippen molar-refractivity contribution in [3.8, 4) is 0 Å². The van der Waals surface area contributed by atoms with Gasteiger partial charge < -0.3 is 10.1 Å². The molecule has 0 saturated carbocycles. The van der Waals surface area contributed by atoms with Gasteiger partial charge in [-0.3, -0.25) is 0 Å². The third-order valence-electron chi connectivity index (χ3n) is 2.59. The van der Waals surface area contributed by atoms with Gasteiger partial charge in [0, 0.05) is 24.2 Å². The van der Waals surface area contributed by atoms with E-state index in [1.54, 1.807) is 6.08 Å². The number of ether oxygens (including phenoxy) is 1. The fourth-order valence-corrected chi connectivity index (χ4v) is 1.58. The van der Waals surface area contributed by atoms with Crippen LogP contribution in [0, 0.1) is 11.6 Å². The van der Waals surface area contributed by atoms with Crippen LogP contribution in [-0.2, 0) is 4.74 Å². The van der Waals surface area contributed by atoms with Crippen molar-refractivity contribution < 1.29 is 13.5 Å². The Bertz CT molecular complexity index is 382. The van der Waals surface area contributed by atoms with Crippen LogP contribution in [-0.4, -0.2) is 19.8 Å². The van der Waals surface area contributed by atoms with Crippen molar-refractivity contribution in [3.05, 3.63) is 48.1 Å². The summed E-state index contributed by atoms with van der Waals surface area (Å²) in [5.41, 5.74) is 0.461. The van der Waals surface area contributed by atoms with Crippen molar-refractivity contribution in [1.29, 1.82) is 0 Å². The van der Waals surface area contributed by atoms with Crippen LogP contribution in [0.15, 0.2) is 30.9 Å². The summed E-state index contributed by atoms with van der Waals surface area (Å²) < 4.78 is 31.5. The van der Waals surface area contributed by atoms with Crippen LogP contribution in [0.2, 0.25) is 0 Å². The minimum absolute atomic E-state index is 0.173. The highest BCUT2D eigenvalue weighted by atomic mass is 19.1. The smallest absolute Gasteiger partial charge is 0.130 e. The largest absolute Gasteiger partial charge is 0.380 e. The minimum atomic E-state index is -0.559. The van der Waals surface area contributed by atoms with E-state index in [2.05, 4.69) is 11.9 Å². The van der Waals surface area contributed by atoms with Gasteiger partial charge >= 0.3 is 0 Å². The number of halogens is 2. The molecule has 1 aromatic rings. The van der Waals surface area contributed by atoms with E-state index in [9.17, 15) is 8.78 Å². The molecule has 1 unspecified atom stereocenters. The third kappa shape index (κ3) is 4.94. The molecule has 0 amide bonds. The maximum atomic E-state index is 13.5. The number of hydrogen-bond donors (Lipinski definition) is 1. The highest BCUT2D eigenvalue weighted by Crippen LogP contribution is 2.17. The van der Waals surface area contributed by atoms with Gasteiger partial charge in [0.1, 0.15) is 11.6 Å². The quantitative estimate of drug-likeness (QED) is 0.569. The van der Waals surface area contributed by atoms with Crippen molar-refractivity contribution in [3.63, 3.8) is 0 Å². The molecule has 18 heavy (non-hydrogen) atoms.